The lowest BCUT2D eigenvalue weighted by Gasteiger charge is -2.19. The third kappa shape index (κ3) is 2.82. The number of rotatable bonds is 4. The Hall–Kier alpha value is -1.43. The van der Waals surface area contributed by atoms with Gasteiger partial charge in [0.2, 0.25) is 0 Å². The van der Waals surface area contributed by atoms with Gasteiger partial charge in [-0.15, -0.1) is 0 Å². The molecule has 0 aliphatic carbocycles. The number of nitrogens with zero attached hydrogens (tertiary/aromatic N) is 1. The fourth-order valence-corrected chi connectivity index (χ4v) is 2.45. The van der Waals surface area contributed by atoms with Crippen LogP contribution in [0.5, 0.6) is 0 Å². The lowest BCUT2D eigenvalue weighted by molar-refractivity contribution is -0.139. The van der Waals surface area contributed by atoms with E-state index in [4.69, 9.17) is 5.11 Å². The first kappa shape index (κ1) is 13.6. The van der Waals surface area contributed by atoms with Gasteiger partial charge in [-0.05, 0) is 31.9 Å². The minimum atomic E-state index is -3.77. The third-order valence-electron chi connectivity index (χ3n) is 2.58. The minimum absolute atomic E-state index is 0.318. The zero-order chi connectivity index (χ0) is 13.3. The van der Waals surface area contributed by atoms with Crippen LogP contribution in [0.2, 0.25) is 0 Å². The van der Waals surface area contributed by atoms with E-state index in [1.807, 2.05) is 0 Å². The summed E-state index contributed by atoms with van der Waals surface area (Å²) in [6, 6.07) is 1.68. The Balaban J connectivity index is 3.07. The lowest BCUT2D eigenvalue weighted by atomic mass is 10.2. The molecule has 5 nitrogen and oxygen atoms in total. The highest BCUT2D eigenvalue weighted by molar-refractivity contribution is 7.92. The van der Waals surface area contributed by atoms with Gasteiger partial charge in [-0.3, -0.25) is 9.78 Å². The quantitative estimate of drug-likeness (QED) is 0.875. The topological polar surface area (TPSA) is 84.3 Å². The standard InChI is InChI=1S/C11H15NO4S/c1-8-4-9(6-12-5-8)7-17(15,16)11(2,3)10(13)14/h4-6H,7H2,1-3H3,(H,13,14). The van der Waals surface area contributed by atoms with Crippen molar-refractivity contribution in [2.24, 2.45) is 0 Å². The molecule has 6 heteroatoms. The summed E-state index contributed by atoms with van der Waals surface area (Å²) < 4.78 is 22.1. The van der Waals surface area contributed by atoms with Gasteiger partial charge in [-0.25, -0.2) is 8.42 Å². The normalized spacial score (nSPS) is 12.4. The maximum absolute atomic E-state index is 12.0. The highest BCUT2D eigenvalue weighted by atomic mass is 32.2. The van der Waals surface area contributed by atoms with Crippen molar-refractivity contribution in [3.8, 4) is 0 Å². The first-order valence-corrected chi connectivity index (χ1v) is 6.68. The van der Waals surface area contributed by atoms with E-state index >= 15 is 0 Å². The van der Waals surface area contributed by atoms with Gasteiger partial charge >= 0.3 is 5.97 Å². The molecule has 1 N–H and O–H groups in total. The monoisotopic (exact) mass is 257 g/mol. The third-order valence-corrected chi connectivity index (χ3v) is 5.02. The summed E-state index contributed by atoms with van der Waals surface area (Å²) >= 11 is 0. The smallest absolute Gasteiger partial charge is 0.324 e. The summed E-state index contributed by atoms with van der Waals surface area (Å²) in [4.78, 5) is 14.8. The maximum atomic E-state index is 12.0. The van der Waals surface area contributed by atoms with Crippen molar-refractivity contribution in [2.75, 3.05) is 0 Å². The Morgan fingerprint density at radius 3 is 2.47 bits per heavy atom. The van der Waals surface area contributed by atoms with Gasteiger partial charge in [0.25, 0.3) is 0 Å². The average molecular weight is 257 g/mol. The van der Waals surface area contributed by atoms with E-state index in [1.54, 1.807) is 19.2 Å². The molecule has 1 aromatic heterocycles. The van der Waals surface area contributed by atoms with Crippen molar-refractivity contribution >= 4 is 15.8 Å². The molecule has 0 aliphatic rings. The number of hydrogen-bond acceptors (Lipinski definition) is 4. The zero-order valence-corrected chi connectivity index (χ0v) is 10.8. The molecule has 0 atom stereocenters. The van der Waals surface area contributed by atoms with Gasteiger partial charge in [-0.1, -0.05) is 6.07 Å². The second-order valence-electron chi connectivity index (χ2n) is 4.45. The van der Waals surface area contributed by atoms with Crippen LogP contribution in [0.4, 0.5) is 0 Å². The number of carbonyl (C=O) groups is 1. The van der Waals surface area contributed by atoms with E-state index in [-0.39, 0.29) is 5.75 Å². The van der Waals surface area contributed by atoms with Crippen LogP contribution in [0.15, 0.2) is 18.5 Å². The molecule has 0 radical (unpaired) electrons. The molecule has 1 rings (SSSR count). The predicted molar refractivity (Wildman–Crippen MR) is 63.3 cm³/mol. The predicted octanol–water partition coefficient (Wildman–Crippen LogP) is 1.17. The van der Waals surface area contributed by atoms with E-state index in [9.17, 15) is 13.2 Å². The van der Waals surface area contributed by atoms with Crippen molar-refractivity contribution in [3.63, 3.8) is 0 Å². The number of carboxylic acids is 1. The molecule has 0 aromatic carbocycles. The van der Waals surface area contributed by atoms with Crippen molar-refractivity contribution in [1.29, 1.82) is 0 Å². The summed E-state index contributed by atoms with van der Waals surface area (Å²) in [5, 5.41) is 8.91. The number of sulfone groups is 1. The SMILES string of the molecule is Cc1cncc(CS(=O)(=O)C(C)(C)C(=O)O)c1. The van der Waals surface area contributed by atoms with E-state index in [2.05, 4.69) is 4.98 Å². The first-order valence-electron chi connectivity index (χ1n) is 5.03. The molecular weight excluding hydrogens is 242 g/mol. The van der Waals surface area contributed by atoms with E-state index < -0.39 is 20.6 Å². The van der Waals surface area contributed by atoms with Crippen LogP contribution in [0.1, 0.15) is 25.0 Å². The summed E-state index contributed by atoms with van der Waals surface area (Å²) in [7, 11) is -3.77. The minimum Gasteiger partial charge on any atom is -0.480 e. The second-order valence-corrected chi connectivity index (χ2v) is 6.98. The van der Waals surface area contributed by atoms with Crippen LogP contribution in [0, 0.1) is 6.92 Å². The van der Waals surface area contributed by atoms with Crippen LogP contribution in [-0.2, 0) is 20.4 Å². The van der Waals surface area contributed by atoms with Crippen LogP contribution in [0.25, 0.3) is 0 Å². The molecule has 0 unspecified atom stereocenters. The van der Waals surface area contributed by atoms with Crippen molar-refractivity contribution in [1.82, 2.24) is 4.98 Å². The van der Waals surface area contributed by atoms with Gasteiger partial charge in [0.15, 0.2) is 14.6 Å². The highest BCUT2D eigenvalue weighted by Crippen LogP contribution is 2.21. The Kier molecular flexibility index (Phi) is 3.56. The summed E-state index contributed by atoms with van der Waals surface area (Å²) in [6.07, 6.45) is 3.04. The highest BCUT2D eigenvalue weighted by Gasteiger charge is 2.41. The Bertz CT molecular complexity index is 534. The number of aryl methyl sites for hydroxylation is 1. The zero-order valence-electron chi connectivity index (χ0n) is 9.97. The molecule has 1 aromatic rings. The second kappa shape index (κ2) is 4.44. The van der Waals surface area contributed by atoms with Gasteiger partial charge in [0.1, 0.15) is 0 Å². The van der Waals surface area contributed by atoms with Gasteiger partial charge in [0, 0.05) is 12.4 Å². The van der Waals surface area contributed by atoms with Crippen LogP contribution in [0.3, 0.4) is 0 Å². The Morgan fingerprint density at radius 1 is 1.41 bits per heavy atom. The molecule has 0 saturated heterocycles. The molecule has 1 heterocycles. The number of aliphatic carboxylic acids is 1. The first-order chi connectivity index (χ1) is 7.67. The molecule has 0 spiro atoms. The molecule has 0 saturated carbocycles. The van der Waals surface area contributed by atoms with E-state index in [0.29, 0.717) is 5.56 Å². The molecule has 0 bridgehead atoms. The molecule has 94 valence electrons. The van der Waals surface area contributed by atoms with Gasteiger partial charge in [-0.2, -0.15) is 0 Å². The molecule has 17 heavy (non-hydrogen) atoms. The lowest BCUT2D eigenvalue weighted by Crippen LogP contribution is -2.41. The number of carboxylic acid groups (broad SMARTS) is 1. The molecule has 0 amide bonds. The Labute approximate surface area is 100 Å². The fourth-order valence-electron chi connectivity index (χ4n) is 1.23. The fraction of sp³-hybridized carbons (Fsp3) is 0.455. The molecule has 0 fully saturated rings. The van der Waals surface area contributed by atoms with E-state index in [0.717, 1.165) is 5.56 Å². The summed E-state index contributed by atoms with van der Waals surface area (Å²) in [5.41, 5.74) is 1.34. The van der Waals surface area contributed by atoms with Gasteiger partial charge in [0.05, 0.1) is 5.75 Å². The van der Waals surface area contributed by atoms with Crippen LogP contribution >= 0.6 is 0 Å². The van der Waals surface area contributed by atoms with Crippen molar-refractivity contribution in [2.45, 2.75) is 31.3 Å². The average Bonchev–Trinajstić information content (AvgIpc) is 2.16. The summed E-state index contributed by atoms with van der Waals surface area (Å²) in [5.74, 6) is -1.67. The van der Waals surface area contributed by atoms with Crippen LogP contribution in [-0.4, -0.2) is 29.2 Å². The number of aromatic nitrogens is 1. The van der Waals surface area contributed by atoms with Crippen molar-refractivity contribution in [3.05, 3.63) is 29.6 Å². The summed E-state index contributed by atoms with van der Waals surface area (Å²) in [6.45, 7) is 4.17. The van der Waals surface area contributed by atoms with Crippen molar-refractivity contribution < 1.29 is 18.3 Å². The largest absolute Gasteiger partial charge is 0.480 e. The Morgan fingerprint density at radius 2 is 2.00 bits per heavy atom. The molecular formula is C11H15NO4S. The molecule has 0 aliphatic heterocycles. The number of pyridine rings is 1. The van der Waals surface area contributed by atoms with Crippen LogP contribution < -0.4 is 0 Å². The number of hydrogen-bond donors (Lipinski definition) is 1. The van der Waals surface area contributed by atoms with E-state index in [1.165, 1.54) is 20.0 Å². The van der Waals surface area contributed by atoms with Gasteiger partial charge < -0.3 is 5.11 Å². The maximum Gasteiger partial charge on any atom is 0.324 e.